The maximum absolute atomic E-state index is 13.2. The standard InChI is InChI=1S/C23H23N3O2S/c1-2-17-14-19-22(29-17)25-21(26(23(19)28)12-6-11-20(24)27)13-16-9-5-8-15-7-3-4-10-18(15)16/h3-5,7-10,14H,2,6,11-13H2,1H3,(H2,24,27). The van der Waals surface area contributed by atoms with E-state index in [2.05, 4.69) is 31.2 Å². The van der Waals surface area contributed by atoms with Crippen LogP contribution >= 0.6 is 11.3 Å². The first kappa shape index (κ1) is 19.3. The zero-order valence-corrected chi connectivity index (χ0v) is 17.2. The quantitative estimate of drug-likeness (QED) is 0.504. The number of carbonyl (C=O) groups excluding carboxylic acids is 1. The normalized spacial score (nSPS) is 11.3. The van der Waals surface area contributed by atoms with Crippen LogP contribution in [0.5, 0.6) is 0 Å². The summed E-state index contributed by atoms with van der Waals surface area (Å²) < 4.78 is 1.72. The average molecular weight is 406 g/mol. The van der Waals surface area contributed by atoms with Crippen LogP contribution in [0.2, 0.25) is 0 Å². The lowest BCUT2D eigenvalue weighted by molar-refractivity contribution is -0.118. The fraction of sp³-hybridized carbons (Fsp3) is 0.261. The monoisotopic (exact) mass is 405 g/mol. The van der Waals surface area contributed by atoms with Crippen molar-refractivity contribution in [1.82, 2.24) is 9.55 Å². The molecule has 0 radical (unpaired) electrons. The topological polar surface area (TPSA) is 78.0 Å². The number of aryl methyl sites for hydroxylation is 1. The van der Waals surface area contributed by atoms with Crippen molar-refractivity contribution >= 4 is 38.2 Å². The number of hydrogen-bond acceptors (Lipinski definition) is 4. The molecule has 5 nitrogen and oxygen atoms in total. The Hall–Kier alpha value is -2.99. The number of carbonyl (C=O) groups is 1. The minimum absolute atomic E-state index is 0.0364. The van der Waals surface area contributed by atoms with Gasteiger partial charge in [0.1, 0.15) is 10.7 Å². The first-order valence-electron chi connectivity index (χ1n) is 9.84. The van der Waals surface area contributed by atoms with Gasteiger partial charge in [-0.05, 0) is 35.2 Å². The van der Waals surface area contributed by atoms with Crippen molar-refractivity contribution in [1.29, 1.82) is 0 Å². The molecule has 148 valence electrons. The summed E-state index contributed by atoms with van der Waals surface area (Å²) in [5.74, 6) is 0.374. The van der Waals surface area contributed by atoms with Gasteiger partial charge in [-0.1, -0.05) is 49.4 Å². The smallest absolute Gasteiger partial charge is 0.262 e. The minimum Gasteiger partial charge on any atom is -0.370 e. The number of primary amides is 1. The van der Waals surface area contributed by atoms with Crippen LogP contribution in [0.3, 0.4) is 0 Å². The molecule has 29 heavy (non-hydrogen) atoms. The summed E-state index contributed by atoms with van der Waals surface area (Å²) in [4.78, 5) is 31.2. The lowest BCUT2D eigenvalue weighted by Gasteiger charge is -2.13. The molecule has 2 aromatic heterocycles. The Labute approximate surface area is 172 Å². The largest absolute Gasteiger partial charge is 0.370 e. The number of thiophene rings is 1. The second-order valence-electron chi connectivity index (χ2n) is 7.15. The summed E-state index contributed by atoms with van der Waals surface area (Å²) in [5, 5.41) is 2.99. The van der Waals surface area contributed by atoms with Crippen LogP contribution < -0.4 is 11.3 Å². The highest BCUT2D eigenvalue weighted by Gasteiger charge is 2.15. The molecule has 0 saturated carbocycles. The number of aromatic nitrogens is 2. The van der Waals surface area contributed by atoms with Gasteiger partial charge in [-0.3, -0.25) is 14.2 Å². The second-order valence-corrected chi connectivity index (χ2v) is 8.27. The molecule has 0 fully saturated rings. The van der Waals surface area contributed by atoms with Crippen LogP contribution in [0.25, 0.3) is 21.0 Å². The highest BCUT2D eigenvalue weighted by Crippen LogP contribution is 2.25. The molecule has 6 heteroatoms. The maximum atomic E-state index is 13.2. The Bertz CT molecular complexity index is 1250. The van der Waals surface area contributed by atoms with E-state index in [1.54, 1.807) is 15.9 Å². The molecule has 0 atom stereocenters. The number of benzene rings is 2. The zero-order chi connectivity index (χ0) is 20.4. The van der Waals surface area contributed by atoms with E-state index in [0.717, 1.165) is 38.3 Å². The van der Waals surface area contributed by atoms with E-state index >= 15 is 0 Å². The molecule has 2 heterocycles. The fourth-order valence-electron chi connectivity index (χ4n) is 3.68. The highest BCUT2D eigenvalue weighted by molar-refractivity contribution is 7.18. The van der Waals surface area contributed by atoms with Gasteiger partial charge in [0, 0.05) is 24.3 Å². The summed E-state index contributed by atoms with van der Waals surface area (Å²) in [7, 11) is 0. The van der Waals surface area contributed by atoms with Crippen LogP contribution in [-0.2, 0) is 24.2 Å². The zero-order valence-electron chi connectivity index (χ0n) is 16.4. The van der Waals surface area contributed by atoms with Crippen molar-refractivity contribution < 1.29 is 4.79 Å². The summed E-state index contributed by atoms with van der Waals surface area (Å²) in [6.07, 6.45) is 2.21. The third kappa shape index (κ3) is 3.93. The maximum Gasteiger partial charge on any atom is 0.262 e. The molecule has 2 N–H and O–H groups in total. The first-order chi connectivity index (χ1) is 14.1. The Balaban J connectivity index is 1.82. The molecule has 4 rings (SSSR count). The molecule has 0 unspecified atom stereocenters. The van der Waals surface area contributed by atoms with Crippen molar-refractivity contribution in [2.24, 2.45) is 5.73 Å². The molecular weight excluding hydrogens is 382 g/mol. The van der Waals surface area contributed by atoms with Crippen LogP contribution in [0, 0.1) is 0 Å². The van der Waals surface area contributed by atoms with Crippen molar-refractivity contribution in [3.05, 3.63) is 75.1 Å². The second kappa shape index (κ2) is 8.17. The number of fused-ring (bicyclic) bond motifs is 2. The van der Waals surface area contributed by atoms with Gasteiger partial charge in [0.05, 0.1) is 5.39 Å². The van der Waals surface area contributed by atoms with Gasteiger partial charge < -0.3 is 5.73 Å². The summed E-state index contributed by atoms with van der Waals surface area (Å²) >= 11 is 1.58. The predicted molar refractivity (Wildman–Crippen MR) is 118 cm³/mol. The predicted octanol–water partition coefficient (Wildman–Crippen LogP) is 4.03. The Kier molecular flexibility index (Phi) is 5.45. The Morgan fingerprint density at radius 1 is 1.14 bits per heavy atom. The van der Waals surface area contributed by atoms with Gasteiger partial charge in [-0.15, -0.1) is 11.3 Å². The molecule has 4 aromatic rings. The van der Waals surface area contributed by atoms with Gasteiger partial charge in [-0.25, -0.2) is 4.98 Å². The number of nitrogens with zero attached hydrogens (tertiary/aromatic N) is 2. The van der Waals surface area contributed by atoms with E-state index in [9.17, 15) is 9.59 Å². The molecule has 1 amide bonds. The lowest BCUT2D eigenvalue weighted by Crippen LogP contribution is -2.26. The molecule has 0 saturated heterocycles. The molecule has 0 aliphatic carbocycles. The van der Waals surface area contributed by atoms with Crippen molar-refractivity contribution in [2.45, 2.75) is 39.2 Å². The summed E-state index contributed by atoms with van der Waals surface area (Å²) in [5.41, 5.74) is 6.38. The van der Waals surface area contributed by atoms with E-state index in [1.165, 1.54) is 0 Å². The number of rotatable bonds is 7. The summed E-state index contributed by atoms with van der Waals surface area (Å²) in [6, 6.07) is 16.4. The van der Waals surface area contributed by atoms with Gasteiger partial charge in [-0.2, -0.15) is 0 Å². The average Bonchev–Trinajstić information content (AvgIpc) is 3.14. The van der Waals surface area contributed by atoms with Crippen LogP contribution in [0.4, 0.5) is 0 Å². The van der Waals surface area contributed by atoms with Crippen molar-refractivity contribution in [2.75, 3.05) is 0 Å². The number of hydrogen-bond donors (Lipinski definition) is 1. The van der Waals surface area contributed by atoms with E-state index in [-0.39, 0.29) is 17.9 Å². The van der Waals surface area contributed by atoms with Gasteiger partial charge in [0.25, 0.3) is 5.56 Å². The summed E-state index contributed by atoms with van der Waals surface area (Å²) in [6.45, 7) is 2.51. The molecule has 0 spiro atoms. The molecule has 0 bridgehead atoms. The van der Waals surface area contributed by atoms with Gasteiger partial charge in [0.15, 0.2) is 0 Å². The highest BCUT2D eigenvalue weighted by atomic mass is 32.1. The van der Waals surface area contributed by atoms with Gasteiger partial charge >= 0.3 is 0 Å². The van der Waals surface area contributed by atoms with Gasteiger partial charge in [0.2, 0.25) is 5.91 Å². The minimum atomic E-state index is -0.355. The van der Waals surface area contributed by atoms with E-state index < -0.39 is 0 Å². The molecule has 2 aromatic carbocycles. The number of nitrogens with two attached hydrogens (primary N) is 1. The van der Waals surface area contributed by atoms with Crippen molar-refractivity contribution in [3.63, 3.8) is 0 Å². The molecule has 0 aliphatic rings. The van der Waals surface area contributed by atoms with Crippen molar-refractivity contribution in [3.8, 4) is 0 Å². The van der Waals surface area contributed by atoms with E-state index in [0.29, 0.717) is 24.8 Å². The Morgan fingerprint density at radius 2 is 1.93 bits per heavy atom. The van der Waals surface area contributed by atoms with Crippen LogP contribution in [0.1, 0.15) is 36.0 Å². The Morgan fingerprint density at radius 3 is 2.72 bits per heavy atom. The first-order valence-corrected chi connectivity index (χ1v) is 10.7. The van der Waals surface area contributed by atoms with E-state index in [1.807, 2.05) is 24.3 Å². The van der Waals surface area contributed by atoms with E-state index in [4.69, 9.17) is 10.7 Å². The van der Waals surface area contributed by atoms with Crippen LogP contribution in [0.15, 0.2) is 53.3 Å². The van der Waals surface area contributed by atoms with Crippen LogP contribution in [-0.4, -0.2) is 15.5 Å². The molecular formula is C23H23N3O2S. The third-order valence-corrected chi connectivity index (χ3v) is 6.34. The number of amides is 1. The fourth-order valence-corrected chi connectivity index (χ4v) is 4.65. The SMILES string of the molecule is CCc1cc2c(=O)n(CCCC(N)=O)c(Cc3cccc4ccccc34)nc2s1. The molecule has 0 aliphatic heterocycles. The lowest BCUT2D eigenvalue weighted by atomic mass is 10.0. The third-order valence-electron chi connectivity index (χ3n) is 5.16.